The van der Waals surface area contributed by atoms with Gasteiger partial charge in [0.1, 0.15) is 11.4 Å². The summed E-state index contributed by atoms with van der Waals surface area (Å²) < 4.78 is 6.37. The third-order valence-corrected chi connectivity index (χ3v) is 5.35. The average molecular weight is 434 g/mol. The largest absolute Gasteiger partial charge is 0.465 e. The van der Waals surface area contributed by atoms with E-state index >= 15 is 0 Å². The minimum absolute atomic E-state index is 0.135. The van der Waals surface area contributed by atoms with Crippen molar-refractivity contribution in [1.82, 2.24) is 25.0 Å². The van der Waals surface area contributed by atoms with Crippen molar-refractivity contribution in [1.29, 1.82) is 0 Å². The molecule has 4 rings (SSSR count). The molecule has 31 heavy (non-hydrogen) atoms. The molecule has 2 aromatic carbocycles. The molecule has 0 saturated heterocycles. The number of carbonyl (C=O) groups is 2. The third kappa shape index (κ3) is 4.86. The summed E-state index contributed by atoms with van der Waals surface area (Å²) in [4.78, 5) is 32.4. The van der Waals surface area contributed by atoms with Crippen LogP contribution >= 0.6 is 11.8 Å². The molecule has 0 atom stereocenters. The topological polar surface area (TPSA) is 112 Å². The maximum Gasteiger partial charge on any atom is 0.337 e. The molecule has 0 spiro atoms. The summed E-state index contributed by atoms with van der Waals surface area (Å²) in [6.45, 7) is 0.542. The van der Waals surface area contributed by atoms with Gasteiger partial charge in [-0.3, -0.25) is 4.79 Å². The van der Waals surface area contributed by atoms with Gasteiger partial charge in [-0.05, 0) is 29.8 Å². The fourth-order valence-electron chi connectivity index (χ4n) is 2.88. The molecule has 1 N–H and O–H groups in total. The number of fused-ring (bicyclic) bond motifs is 1. The first-order valence-corrected chi connectivity index (χ1v) is 10.3. The first-order valence-electron chi connectivity index (χ1n) is 9.33. The van der Waals surface area contributed by atoms with Gasteiger partial charge in [0.05, 0.1) is 25.0 Å². The van der Waals surface area contributed by atoms with E-state index in [4.69, 9.17) is 0 Å². The van der Waals surface area contributed by atoms with Gasteiger partial charge < -0.3 is 10.1 Å². The quantitative estimate of drug-likeness (QED) is 0.268. The second-order valence-corrected chi connectivity index (χ2v) is 7.45. The van der Waals surface area contributed by atoms with E-state index in [2.05, 4.69) is 30.3 Å². The third-order valence-electron chi connectivity index (χ3n) is 4.37. The number of amides is 1. The average Bonchev–Trinajstić information content (AvgIpc) is 3.21. The van der Waals surface area contributed by atoms with Crippen LogP contribution < -0.4 is 5.32 Å². The van der Waals surface area contributed by atoms with Gasteiger partial charge in [0, 0.05) is 5.69 Å². The van der Waals surface area contributed by atoms with E-state index in [1.165, 1.54) is 25.2 Å². The number of carbonyl (C=O) groups excluding carboxylic acids is 2. The minimum atomic E-state index is -0.429. The summed E-state index contributed by atoms with van der Waals surface area (Å²) in [5.41, 5.74) is 3.25. The molecule has 1 amide bonds. The standard InChI is InChI=1S/C21H18N6O3S/c1-30-21(29)15-7-9-16(10-8-15)24-17(28)12-31-20-18-19(22-13-23-20)27(26-25-18)11-14-5-3-2-4-6-14/h2-10,13H,11-12H2,1H3,(H,24,28). The Hall–Kier alpha value is -3.79. The number of hydrogen-bond donors (Lipinski definition) is 1. The lowest BCUT2D eigenvalue weighted by atomic mass is 10.2. The fourth-order valence-corrected chi connectivity index (χ4v) is 3.61. The van der Waals surface area contributed by atoms with E-state index in [9.17, 15) is 9.59 Å². The molecule has 2 heterocycles. The first kappa shape index (κ1) is 20.5. The Bertz CT molecular complexity index is 1210. The summed E-state index contributed by atoms with van der Waals surface area (Å²) >= 11 is 1.26. The van der Waals surface area contributed by atoms with E-state index in [0.29, 0.717) is 34.0 Å². The van der Waals surface area contributed by atoms with E-state index < -0.39 is 5.97 Å². The highest BCUT2D eigenvalue weighted by Gasteiger charge is 2.14. The molecule has 0 aliphatic rings. The van der Waals surface area contributed by atoms with Gasteiger partial charge in [-0.25, -0.2) is 19.4 Å². The lowest BCUT2D eigenvalue weighted by Gasteiger charge is -2.06. The van der Waals surface area contributed by atoms with Crippen LogP contribution in [0.1, 0.15) is 15.9 Å². The number of aromatic nitrogens is 5. The van der Waals surface area contributed by atoms with E-state index in [1.54, 1.807) is 28.9 Å². The van der Waals surface area contributed by atoms with Crippen LogP contribution in [0.25, 0.3) is 11.2 Å². The highest BCUT2D eigenvalue weighted by atomic mass is 32.2. The molecule has 9 nitrogen and oxygen atoms in total. The molecule has 4 aromatic rings. The number of rotatable bonds is 7. The number of thioether (sulfide) groups is 1. The van der Waals surface area contributed by atoms with Crippen molar-refractivity contribution in [3.05, 3.63) is 72.1 Å². The summed E-state index contributed by atoms with van der Waals surface area (Å²) in [5, 5.41) is 11.8. The maximum absolute atomic E-state index is 12.3. The van der Waals surface area contributed by atoms with Crippen LogP contribution in [0.15, 0.2) is 66.0 Å². The number of nitrogens with zero attached hydrogens (tertiary/aromatic N) is 5. The Morgan fingerprint density at radius 3 is 2.58 bits per heavy atom. The van der Waals surface area contributed by atoms with Gasteiger partial charge in [-0.2, -0.15) is 0 Å². The Balaban J connectivity index is 1.41. The summed E-state index contributed by atoms with van der Waals surface area (Å²) in [7, 11) is 1.32. The zero-order chi connectivity index (χ0) is 21.6. The molecule has 2 aromatic heterocycles. The Morgan fingerprint density at radius 1 is 1.06 bits per heavy atom. The van der Waals surface area contributed by atoms with Crippen LogP contribution in [0.4, 0.5) is 5.69 Å². The van der Waals surface area contributed by atoms with E-state index in [1.807, 2.05) is 30.3 Å². The molecule has 0 fully saturated rings. The van der Waals surface area contributed by atoms with Crippen molar-refractivity contribution < 1.29 is 14.3 Å². The number of anilines is 1. The Morgan fingerprint density at radius 2 is 1.84 bits per heavy atom. The minimum Gasteiger partial charge on any atom is -0.465 e. The molecule has 0 bridgehead atoms. The Kier molecular flexibility index (Phi) is 6.18. The molecule has 0 unspecified atom stereocenters. The fraction of sp³-hybridized carbons (Fsp3) is 0.143. The number of hydrogen-bond acceptors (Lipinski definition) is 8. The molecular formula is C21H18N6O3S. The predicted molar refractivity (Wildman–Crippen MR) is 116 cm³/mol. The van der Waals surface area contributed by atoms with Gasteiger partial charge in [0.15, 0.2) is 11.2 Å². The summed E-state index contributed by atoms with van der Waals surface area (Å²) in [6.07, 6.45) is 1.44. The number of methoxy groups -OCH3 is 1. The van der Waals surface area contributed by atoms with Gasteiger partial charge in [0.25, 0.3) is 0 Å². The normalized spacial score (nSPS) is 10.7. The maximum atomic E-state index is 12.3. The summed E-state index contributed by atoms with van der Waals surface area (Å²) in [5.74, 6) is -0.503. The second-order valence-electron chi connectivity index (χ2n) is 6.49. The first-order chi connectivity index (χ1) is 15.1. The highest BCUT2D eigenvalue weighted by Crippen LogP contribution is 2.23. The van der Waals surface area contributed by atoms with Gasteiger partial charge in [-0.15, -0.1) is 5.10 Å². The van der Waals surface area contributed by atoms with Gasteiger partial charge in [0.2, 0.25) is 5.91 Å². The van der Waals surface area contributed by atoms with Crippen LogP contribution in [-0.2, 0) is 16.1 Å². The lowest BCUT2D eigenvalue weighted by Crippen LogP contribution is -2.14. The Labute approximate surface area is 181 Å². The molecule has 156 valence electrons. The molecular weight excluding hydrogens is 416 g/mol. The zero-order valence-electron chi connectivity index (χ0n) is 16.6. The predicted octanol–water partition coefficient (Wildman–Crippen LogP) is 2.79. The van der Waals surface area contributed by atoms with Crippen molar-refractivity contribution in [2.75, 3.05) is 18.2 Å². The number of ether oxygens (including phenoxy) is 1. The number of esters is 1. The van der Waals surface area contributed by atoms with Crippen LogP contribution in [-0.4, -0.2) is 49.7 Å². The van der Waals surface area contributed by atoms with Crippen molar-refractivity contribution in [3.63, 3.8) is 0 Å². The van der Waals surface area contributed by atoms with Crippen molar-refractivity contribution in [2.24, 2.45) is 0 Å². The molecule has 10 heteroatoms. The molecule has 0 saturated carbocycles. The van der Waals surface area contributed by atoms with Gasteiger partial charge in [-0.1, -0.05) is 47.3 Å². The lowest BCUT2D eigenvalue weighted by molar-refractivity contribution is -0.113. The van der Waals surface area contributed by atoms with E-state index in [-0.39, 0.29) is 11.7 Å². The SMILES string of the molecule is COC(=O)c1ccc(NC(=O)CSc2ncnc3c2nnn3Cc2ccccc2)cc1. The van der Waals surface area contributed by atoms with E-state index in [0.717, 1.165) is 5.56 Å². The summed E-state index contributed by atoms with van der Waals surface area (Å²) in [6, 6.07) is 16.4. The molecule has 0 aliphatic heterocycles. The van der Waals surface area contributed by atoms with Crippen molar-refractivity contribution >= 4 is 40.5 Å². The van der Waals surface area contributed by atoms with Crippen LogP contribution in [0, 0.1) is 0 Å². The van der Waals surface area contributed by atoms with Crippen LogP contribution in [0.3, 0.4) is 0 Å². The smallest absolute Gasteiger partial charge is 0.337 e. The number of nitrogens with one attached hydrogen (secondary N) is 1. The van der Waals surface area contributed by atoms with Crippen molar-refractivity contribution in [3.8, 4) is 0 Å². The van der Waals surface area contributed by atoms with Crippen molar-refractivity contribution in [2.45, 2.75) is 11.6 Å². The zero-order valence-corrected chi connectivity index (χ0v) is 17.4. The highest BCUT2D eigenvalue weighted by molar-refractivity contribution is 8.00. The molecule has 0 radical (unpaired) electrons. The second kappa shape index (κ2) is 9.35. The molecule has 0 aliphatic carbocycles. The number of benzene rings is 2. The monoisotopic (exact) mass is 434 g/mol. The van der Waals surface area contributed by atoms with Crippen LogP contribution in [0.2, 0.25) is 0 Å². The van der Waals surface area contributed by atoms with Crippen LogP contribution in [0.5, 0.6) is 0 Å². The van der Waals surface area contributed by atoms with Gasteiger partial charge >= 0.3 is 5.97 Å².